The molecule has 3 heterocycles. The Hall–Kier alpha value is -3.97. The normalized spacial score (nSPS) is 11.9. The topological polar surface area (TPSA) is 38.9 Å². The smallest absolute Gasteiger partial charge is 0 e. The van der Waals surface area contributed by atoms with Crippen molar-refractivity contribution in [2.75, 3.05) is 0 Å². The first-order valence-electron chi connectivity index (χ1n) is 15.6. The van der Waals surface area contributed by atoms with Gasteiger partial charge in [0.25, 0.3) is 0 Å². The fourth-order valence-corrected chi connectivity index (χ4v) is 8.56. The molecular formula is C40H34F2GeIrN2O-2. The summed E-state index contributed by atoms with van der Waals surface area (Å²) in [4.78, 5) is 9.06. The second kappa shape index (κ2) is 14.4. The predicted molar refractivity (Wildman–Crippen MR) is 187 cm³/mol. The molecule has 4 aromatic carbocycles. The third-order valence-electron chi connectivity index (χ3n) is 7.82. The number of fused-ring (bicyclic) bond motifs is 3. The largest absolute Gasteiger partial charge is 0 e. The van der Waals surface area contributed by atoms with E-state index in [0.29, 0.717) is 22.2 Å². The van der Waals surface area contributed by atoms with Crippen LogP contribution in [0.4, 0.5) is 8.78 Å². The summed E-state index contributed by atoms with van der Waals surface area (Å²) < 4.78 is 43.1. The van der Waals surface area contributed by atoms with Crippen molar-refractivity contribution in [2.45, 2.75) is 37.0 Å². The minimum atomic E-state index is -1.99. The molecule has 3 aromatic heterocycles. The Morgan fingerprint density at radius 1 is 0.830 bits per heavy atom. The average molecular weight is 863 g/mol. The summed E-state index contributed by atoms with van der Waals surface area (Å²) in [6.07, 6.45) is 3.72. The molecule has 239 valence electrons. The van der Waals surface area contributed by atoms with E-state index < -0.39 is 30.8 Å². The van der Waals surface area contributed by atoms with E-state index in [9.17, 15) is 8.78 Å². The zero-order valence-corrected chi connectivity index (χ0v) is 31.3. The summed E-state index contributed by atoms with van der Waals surface area (Å²) >= 11 is -1.99. The Kier molecular flexibility index (Phi) is 10.1. The SMILES string of the molecule is [2H]C(C)(C)c1ccnc(-c2[c-]ccc3c2oc2cc(F)cc(F)c23)c1.[CH3][Ge]([CH3])([CH3])[c]1cnc(-c2[c-]cccc2)cc1-c1ccccc1.[Ir]. The molecule has 0 aliphatic heterocycles. The van der Waals surface area contributed by atoms with Crippen molar-refractivity contribution in [1.82, 2.24) is 9.97 Å². The van der Waals surface area contributed by atoms with Crippen molar-refractivity contribution in [3.05, 3.63) is 139 Å². The number of furan rings is 1. The molecule has 0 saturated carbocycles. The summed E-state index contributed by atoms with van der Waals surface area (Å²) in [6, 6.07) is 36.2. The molecule has 3 nitrogen and oxygen atoms in total. The summed E-state index contributed by atoms with van der Waals surface area (Å²) in [5, 5.41) is 0.780. The van der Waals surface area contributed by atoms with Crippen molar-refractivity contribution >= 4 is 39.6 Å². The van der Waals surface area contributed by atoms with Crippen LogP contribution in [0, 0.1) is 23.8 Å². The van der Waals surface area contributed by atoms with Crippen LogP contribution in [0.25, 0.3) is 55.6 Å². The first kappa shape index (κ1) is 33.0. The van der Waals surface area contributed by atoms with Gasteiger partial charge in [-0.25, -0.2) is 8.78 Å². The van der Waals surface area contributed by atoms with Crippen molar-refractivity contribution < 1.29 is 34.7 Å². The van der Waals surface area contributed by atoms with Gasteiger partial charge < -0.3 is 9.40 Å². The van der Waals surface area contributed by atoms with Gasteiger partial charge in [-0.3, -0.25) is 0 Å². The van der Waals surface area contributed by atoms with Gasteiger partial charge in [0, 0.05) is 45.2 Å². The third kappa shape index (κ3) is 7.46. The van der Waals surface area contributed by atoms with E-state index in [-0.39, 0.29) is 31.1 Å². The maximum Gasteiger partial charge on any atom is 0 e. The minimum absolute atomic E-state index is 0. The Balaban J connectivity index is 0.000000186. The summed E-state index contributed by atoms with van der Waals surface area (Å²) in [5.41, 5.74) is 7.11. The van der Waals surface area contributed by atoms with E-state index in [1.165, 1.54) is 21.6 Å². The number of rotatable bonds is 5. The van der Waals surface area contributed by atoms with Gasteiger partial charge in [0.1, 0.15) is 17.2 Å². The van der Waals surface area contributed by atoms with E-state index in [1.54, 1.807) is 44.3 Å². The molecule has 7 heteroatoms. The number of hydrogen-bond donors (Lipinski definition) is 0. The van der Waals surface area contributed by atoms with E-state index in [2.05, 4.69) is 83.0 Å². The quantitative estimate of drug-likeness (QED) is 0.128. The van der Waals surface area contributed by atoms with Crippen molar-refractivity contribution in [3.8, 4) is 33.6 Å². The molecule has 0 atom stereocenters. The first-order chi connectivity index (χ1) is 22.4. The maximum atomic E-state index is 14.2. The molecule has 1 radical (unpaired) electrons. The van der Waals surface area contributed by atoms with Gasteiger partial charge in [-0.1, -0.05) is 36.4 Å². The van der Waals surface area contributed by atoms with Gasteiger partial charge in [0.15, 0.2) is 0 Å². The molecule has 0 bridgehead atoms. The molecule has 0 N–H and O–H groups in total. The summed E-state index contributed by atoms with van der Waals surface area (Å²) in [7, 11) is 0. The zero-order chi connectivity index (χ0) is 33.3. The molecular weight excluding hydrogens is 827 g/mol. The van der Waals surface area contributed by atoms with E-state index >= 15 is 0 Å². The number of aromatic nitrogens is 2. The molecule has 0 aliphatic carbocycles. The molecule has 7 aromatic rings. The summed E-state index contributed by atoms with van der Waals surface area (Å²) in [5.74, 6) is 5.10. The second-order valence-corrected chi connectivity index (χ2v) is 23.0. The molecule has 0 aliphatic rings. The Morgan fingerprint density at radius 3 is 2.30 bits per heavy atom. The number of hydrogen-bond acceptors (Lipinski definition) is 3. The number of pyridine rings is 2. The van der Waals surface area contributed by atoms with Crippen molar-refractivity contribution in [2.24, 2.45) is 0 Å². The van der Waals surface area contributed by atoms with Crippen molar-refractivity contribution in [1.29, 1.82) is 0 Å². The fourth-order valence-electron chi connectivity index (χ4n) is 5.47. The van der Waals surface area contributed by atoms with E-state index in [4.69, 9.17) is 10.8 Å². The molecule has 7 rings (SSSR count). The Bertz CT molecular complexity index is 2190. The molecule has 0 unspecified atom stereocenters. The van der Waals surface area contributed by atoms with Crippen LogP contribution >= 0.6 is 0 Å². The first-order valence-corrected chi connectivity index (χ1v) is 22.5. The van der Waals surface area contributed by atoms with Crippen LogP contribution in [0.5, 0.6) is 0 Å². The third-order valence-corrected chi connectivity index (χ3v) is 12.1. The van der Waals surface area contributed by atoms with Crippen LogP contribution in [0.3, 0.4) is 0 Å². The van der Waals surface area contributed by atoms with Crippen molar-refractivity contribution in [3.63, 3.8) is 0 Å². The molecule has 0 saturated heterocycles. The van der Waals surface area contributed by atoms with Gasteiger partial charge in [0.2, 0.25) is 0 Å². The van der Waals surface area contributed by atoms with Gasteiger partial charge in [-0.2, -0.15) is 0 Å². The Labute approximate surface area is 292 Å². The fraction of sp³-hybridized carbons (Fsp3) is 0.150. The van der Waals surface area contributed by atoms with Crippen LogP contribution in [-0.4, -0.2) is 23.2 Å². The van der Waals surface area contributed by atoms with E-state index in [0.717, 1.165) is 22.9 Å². The van der Waals surface area contributed by atoms with Gasteiger partial charge in [0.05, 0.1) is 5.58 Å². The van der Waals surface area contributed by atoms with Gasteiger partial charge in [-0.05, 0) is 17.7 Å². The van der Waals surface area contributed by atoms with Gasteiger partial charge in [-0.15, -0.1) is 18.2 Å². The van der Waals surface area contributed by atoms with Crippen LogP contribution in [0.1, 0.15) is 26.7 Å². The average Bonchev–Trinajstić information content (AvgIpc) is 3.44. The van der Waals surface area contributed by atoms with Crippen LogP contribution in [0.2, 0.25) is 17.3 Å². The monoisotopic (exact) mass is 864 g/mol. The maximum absolute atomic E-state index is 14.2. The zero-order valence-electron chi connectivity index (χ0n) is 27.8. The molecule has 0 fully saturated rings. The van der Waals surface area contributed by atoms with Crippen LogP contribution < -0.4 is 4.40 Å². The van der Waals surface area contributed by atoms with Crippen LogP contribution in [0.15, 0.2) is 114 Å². The number of benzene rings is 4. The Morgan fingerprint density at radius 2 is 1.60 bits per heavy atom. The van der Waals surface area contributed by atoms with Crippen LogP contribution in [-0.2, 0) is 20.1 Å². The number of halogens is 2. The molecule has 0 amide bonds. The molecule has 47 heavy (non-hydrogen) atoms. The van der Waals surface area contributed by atoms with E-state index in [1.807, 2.05) is 18.2 Å². The minimum Gasteiger partial charge on any atom is 0 e. The van der Waals surface area contributed by atoms with Gasteiger partial charge >= 0.3 is 135 Å². The second-order valence-electron chi connectivity index (χ2n) is 12.4. The summed E-state index contributed by atoms with van der Waals surface area (Å²) in [6.45, 7) is 3.57. The predicted octanol–water partition coefficient (Wildman–Crippen LogP) is 10.6. The standard InChI is InChI=1S/C20H14F2NO.C20H20GeN.Ir/c1-11(2)12-6-7-23-17(8-12)14-4-3-5-15-19-16(22)9-13(21)10-18(19)24-20(14)15;1-21(2,3)19-15-22-20(17-12-8-5-9-13-17)14-18(19)16-10-6-4-7-11-16;/h3,5-11H,1-2H3;4-12,14-15H,1-3H3;/q2*-1;/i11D;;. The molecule has 0 spiro atoms. The number of nitrogens with zero attached hydrogens (tertiary/aromatic N) is 2.